The van der Waals surface area contributed by atoms with Crippen LogP contribution in [0.2, 0.25) is 0 Å². The summed E-state index contributed by atoms with van der Waals surface area (Å²) in [4.78, 5) is 30.7. The van der Waals surface area contributed by atoms with E-state index in [0.29, 0.717) is 5.56 Å². The number of benzene rings is 2. The minimum absolute atomic E-state index is 0.0250. The molecule has 1 fully saturated rings. The van der Waals surface area contributed by atoms with E-state index in [9.17, 15) is 14.0 Å². The Morgan fingerprint density at radius 3 is 2.45 bits per heavy atom. The quantitative estimate of drug-likeness (QED) is 0.465. The molecule has 0 radical (unpaired) electrons. The van der Waals surface area contributed by atoms with Crippen molar-refractivity contribution in [3.05, 3.63) is 71.7 Å². The average molecular weight is 422 g/mol. The maximum Gasteiger partial charge on any atom is 0.292 e. The smallest absolute Gasteiger partial charge is 0.292 e. The van der Waals surface area contributed by atoms with Gasteiger partial charge in [-0.25, -0.2) is 4.39 Å². The van der Waals surface area contributed by atoms with Crippen LogP contribution in [0.25, 0.3) is 10.9 Å². The summed E-state index contributed by atoms with van der Waals surface area (Å²) < 4.78 is 13.3. The Balaban J connectivity index is 1.39. The lowest BCUT2D eigenvalue weighted by Crippen LogP contribution is -2.52. The number of ketones is 1. The van der Waals surface area contributed by atoms with Crippen LogP contribution in [0.1, 0.15) is 41.6 Å². The number of aromatic nitrogens is 1. The zero-order valence-corrected chi connectivity index (χ0v) is 18.0. The number of aromatic amines is 1. The summed E-state index contributed by atoms with van der Waals surface area (Å²) in [5.41, 5.74) is 2.31. The fourth-order valence-electron chi connectivity index (χ4n) is 4.70. The van der Waals surface area contributed by atoms with Gasteiger partial charge >= 0.3 is 0 Å². The monoisotopic (exact) mass is 421 g/mol. The lowest BCUT2D eigenvalue weighted by Gasteiger charge is -2.45. The van der Waals surface area contributed by atoms with E-state index >= 15 is 0 Å². The van der Waals surface area contributed by atoms with Gasteiger partial charge in [0, 0.05) is 28.7 Å². The van der Waals surface area contributed by atoms with Gasteiger partial charge in [0.25, 0.3) is 11.7 Å². The Labute approximate surface area is 181 Å². The summed E-state index contributed by atoms with van der Waals surface area (Å²) in [6.45, 7) is 0. The van der Waals surface area contributed by atoms with E-state index in [-0.39, 0.29) is 17.4 Å². The van der Waals surface area contributed by atoms with Gasteiger partial charge in [-0.3, -0.25) is 9.59 Å². The number of hydrogen-bond donors (Lipinski definition) is 2. The highest BCUT2D eigenvalue weighted by atomic mass is 19.1. The Hall–Kier alpha value is -2.99. The normalized spacial score (nSPS) is 21.4. The number of nitrogens with one attached hydrogen (secondary N) is 2. The lowest BCUT2D eigenvalue weighted by atomic mass is 9.74. The molecule has 1 aliphatic carbocycles. The van der Waals surface area contributed by atoms with Crippen LogP contribution < -0.4 is 5.32 Å². The molecule has 0 spiro atoms. The van der Waals surface area contributed by atoms with Crippen LogP contribution in [-0.4, -0.2) is 47.3 Å². The minimum atomic E-state index is -0.550. The number of likely N-dealkylation sites (N-methyl/N-ethyl adjacent to an activating group) is 1. The summed E-state index contributed by atoms with van der Waals surface area (Å²) in [6, 6.07) is 14.1. The Bertz CT molecular complexity index is 1080. The number of H-pyrrole nitrogens is 1. The van der Waals surface area contributed by atoms with Crippen molar-refractivity contribution in [2.45, 2.75) is 43.7 Å². The molecule has 5 nitrogen and oxygen atoms in total. The number of hydrogen-bond acceptors (Lipinski definition) is 3. The zero-order valence-electron chi connectivity index (χ0n) is 18.0. The van der Waals surface area contributed by atoms with Crippen molar-refractivity contribution in [3.63, 3.8) is 0 Å². The molecule has 31 heavy (non-hydrogen) atoms. The van der Waals surface area contributed by atoms with Gasteiger partial charge in [-0.2, -0.15) is 0 Å². The molecule has 0 unspecified atom stereocenters. The van der Waals surface area contributed by atoms with Crippen molar-refractivity contribution < 1.29 is 14.0 Å². The van der Waals surface area contributed by atoms with E-state index in [4.69, 9.17) is 0 Å². The van der Waals surface area contributed by atoms with Crippen LogP contribution >= 0.6 is 0 Å². The first-order valence-corrected chi connectivity index (χ1v) is 10.7. The zero-order chi connectivity index (χ0) is 22.0. The van der Waals surface area contributed by atoms with Gasteiger partial charge in [-0.05, 0) is 70.0 Å². The van der Waals surface area contributed by atoms with E-state index in [1.807, 2.05) is 36.4 Å². The Morgan fingerprint density at radius 2 is 1.77 bits per heavy atom. The van der Waals surface area contributed by atoms with E-state index in [0.717, 1.165) is 48.6 Å². The van der Waals surface area contributed by atoms with Gasteiger partial charge in [0.1, 0.15) is 5.82 Å². The molecule has 1 heterocycles. The SMILES string of the molecule is CN(C)C1(Cc2ccc(F)cc2)CCC(NC(=O)C(=O)c2c[nH]c3ccccc23)CC1. The number of halogens is 1. The van der Waals surface area contributed by atoms with E-state index in [2.05, 4.69) is 29.3 Å². The van der Waals surface area contributed by atoms with Crippen molar-refractivity contribution in [2.24, 2.45) is 0 Å². The molecule has 1 aromatic heterocycles. The summed E-state index contributed by atoms with van der Waals surface area (Å²) in [5, 5.41) is 3.71. The second-order valence-electron chi connectivity index (χ2n) is 8.75. The third kappa shape index (κ3) is 4.39. The van der Waals surface area contributed by atoms with Gasteiger partial charge in [0.15, 0.2) is 0 Å². The average Bonchev–Trinajstić information content (AvgIpc) is 3.20. The molecule has 1 aliphatic rings. The lowest BCUT2D eigenvalue weighted by molar-refractivity contribution is -0.118. The molecule has 1 amide bonds. The van der Waals surface area contributed by atoms with Gasteiger partial charge in [0.05, 0.1) is 5.56 Å². The van der Waals surface area contributed by atoms with E-state index < -0.39 is 11.7 Å². The molecule has 162 valence electrons. The van der Waals surface area contributed by atoms with Crippen LogP contribution in [-0.2, 0) is 11.2 Å². The molecule has 0 saturated heterocycles. The first kappa shape index (κ1) is 21.2. The predicted molar refractivity (Wildman–Crippen MR) is 120 cm³/mol. The van der Waals surface area contributed by atoms with E-state index in [1.54, 1.807) is 6.20 Å². The van der Waals surface area contributed by atoms with Crippen LogP contribution in [0.5, 0.6) is 0 Å². The Kier molecular flexibility index (Phi) is 5.92. The largest absolute Gasteiger partial charge is 0.360 e. The molecule has 4 rings (SSSR count). The first-order valence-electron chi connectivity index (χ1n) is 10.7. The standard InChI is InChI=1S/C25H28FN3O2/c1-29(2)25(15-17-7-9-18(26)10-8-17)13-11-19(12-14-25)28-24(31)23(30)21-16-27-22-6-4-3-5-20(21)22/h3-10,16,19,27H,11-15H2,1-2H3,(H,28,31). The fraction of sp³-hybridized carbons (Fsp3) is 0.360. The second-order valence-corrected chi connectivity index (χ2v) is 8.75. The molecule has 1 saturated carbocycles. The van der Waals surface area contributed by atoms with E-state index in [1.165, 1.54) is 12.1 Å². The van der Waals surface area contributed by atoms with Crippen LogP contribution in [0, 0.1) is 5.82 Å². The summed E-state index contributed by atoms with van der Waals surface area (Å²) >= 11 is 0. The molecule has 3 aromatic rings. The fourth-order valence-corrected chi connectivity index (χ4v) is 4.70. The number of carbonyl (C=O) groups excluding carboxylic acids is 2. The summed E-state index contributed by atoms with van der Waals surface area (Å²) in [5.74, 6) is -1.28. The van der Waals surface area contributed by atoms with Crippen LogP contribution in [0.3, 0.4) is 0 Å². The van der Waals surface area contributed by atoms with Crippen molar-refractivity contribution in [3.8, 4) is 0 Å². The number of carbonyl (C=O) groups is 2. The predicted octanol–water partition coefficient (Wildman–Crippen LogP) is 4.09. The van der Waals surface area contributed by atoms with Crippen LogP contribution in [0.4, 0.5) is 4.39 Å². The molecule has 2 N–H and O–H groups in total. The highest BCUT2D eigenvalue weighted by Crippen LogP contribution is 2.35. The highest BCUT2D eigenvalue weighted by Gasteiger charge is 2.38. The topological polar surface area (TPSA) is 65.2 Å². The second kappa shape index (κ2) is 8.63. The first-order chi connectivity index (χ1) is 14.9. The maximum atomic E-state index is 13.3. The van der Waals surface area contributed by atoms with Crippen molar-refractivity contribution in [2.75, 3.05) is 14.1 Å². The van der Waals surface area contributed by atoms with Gasteiger partial charge in [-0.15, -0.1) is 0 Å². The molecular formula is C25H28FN3O2. The Morgan fingerprint density at radius 1 is 1.10 bits per heavy atom. The number of para-hydroxylation sites is 1. The van der Waals surface area contributed by atoms with Crippen molar-refractivity contribution in [1.82, 2.24) is 15.2 Å². The number of nitrogens with zero attached hydrogens (tertiary/aromatic N) is 1. The highest BCUT2D eigenvalue weighted by molar-refractivity contribution is 6.45. The van der Waals surface area contributed by atoms with Gasteiger partial charge in [-0.1, -0.05) is 30.3 Å². The molecule has 0 atom stereocenters. The number of rotatable bonds is 6. The van der Waals surface area contributed by atoms with Gasteiger partial charge in [0.2, 0.25) is 0 Å². The number of fused-ring (bicyclic) bond motifs is 1. The molecule has 6 heteroatoms. The summed E-state index contributed by atoms with van der Waals surface area (Å²) in [7, 11) is 4.14. The third-order valence-corrected chi connectivity index (χ3v) is 6.69. The molecule has 2 aromatic carbocycles. The number of Topliss-reactive ketones (excluding diaryl/α,β-unsaturated/α-hetero) is 1. The third-order valence-electron chi connectivity index (χ3n) is 6.69. The van der Waals surface area contributed by atoms with Crippen molar-refractivity contribution >= 4 is 22.6 Å². The van der Waals surface area contributed by atoms with Gasteiger partial charge < -0.3 is 15.2 Å². The molecule has 0 aliphatic heterocycles. The maximum absolute atomic E-state index is 13.3. The van der Waals surface area contributed by atoms with Crippen molar-refractivity contribution in [1.29, 1.82) is 0 Å². The molecule has 0 bridgehead atoms. The summed E-state index contributed by atoms with van der Waals surface area (Å²) in [6.07, 6.45) is 5.81. The van der Waals surface area contributed by atoms with Crippen LogP contribution in [0.15, 0.2) is 54.7 Å². The minimum Gasteiger partial charge on any atom is -0.360 e. The number of amides is 1. The molecular weight excluding hydrogens is 393 g/mol.